The molecule has 0 bridgehead atoms. The van der Waals surface area contributed by atoms with Gasteiger partial charge in [-0.05, 0) is 83.5 Å². The van der Waals surface area contributed by atoms with Crippen LogP contribution in [-0.4, -0.2) is 21.4 Å². The Kier molecular flexibility index (Phi) is 4.94. The van der Waals surface area contributed by atoms with Crippen LogP contribution in [0.25, 0.3) is 0 Å². The zero-order valence-electron chi connectivity index (χ0n) is 15.0. The van der Waals surface area contributed by atoms with Crippen molar-refractivity contribution in [3.63, 3.8) is 0 Å². The van der Waals surface area contributed by atoms with E-state index in [1.807, 2.05) is 26.8 Å². The van der Waals surface area contributed by atoms with Crippen molar-refractivity contribution < 1.29 is 10.2 Å². The summed E-state index contributed by atoms with van der Waals surface area (Å²) in [5.41, 5.74) is 0.409. The first kappa shape index (κ1) is 17.7. The lowest BCUT2D eigenvalue weighted by Gasteiger charge is -2.34. The van der Waals surface area contributed by atoms with Gasteiger partial charge < -0.3 is 10.2 Å². The largest absolute Gasteiger partial charge is 0.390 e. The van der Waals surface area contributed by atoms with Gasteiger partial charge in [0.1, 0.15) is 0 Å². The maximum absolute atomic E-state index is 10.8. The van der Waals surface area contributed by atoms with Gasteiger partial charge in [-0.2, -0.15) is 0 Å². The van der Waals surface area contributed by atoms with E-state index >= 15 is 0 Å². The molecule has 1 saturated carbocycles. The van der Waals surface area contributed by atoms with Crippen LogP contribution in [0.5, 0.6) is 0 Å². The number of hydrogen-bond acceptors (Lipinski definition) is 2. The standard InChI is InChI=1S/C20H34O2/c1-15-8-6-12-20(5,22)17-14-16(17)19(4,13-9-15)11-7-10-18(2,3)21/h7-8,10,16-17,21-22H,6,9,11-14H2,1-5H3. The maximum atomic E-state index is 10.8. The highest BCUT2D eigenvalue weighted by Gasteiger charge is 2.56. The van der Waals surface area contributed by atoms with Gasteiger partial charge in [0.25, 0.3) is 0 Å². The number of aliphatic hydroxyl groups is 2. The lowest BCUT2D eigenvalue weighted by atomic mass is 9.73. The molecule has 2 heteroatoms. The Labute approximate surface area is 136 Å². The van der Waals surface area contributed by atoms with Crippen LogP contribution in [0.4, 0.5) is 0 Å². The lowest BCUT2D eigenvalue weighted by Crippen LogP contribution is -2.31. The van der Waals surface area contributed by atoms with Crippen molar-refractivity contribution in [2.75, 3.05) is 0 Å². The minimum Gasteiger partial charge on any atom is -0.390 e. The molecule has 0 aromatic carbocycles. The molecule has 0 aromatic rings. The van der Waals surface area contributed by atoms with Crippen molar-refractivity contribution in [1.29, 1.82) is 0 Å². The molecule has 2 aliphatic carbocycles. The summed E-state index contributed by atoms with van der Waals surface area (Å²) in [5, 5.41) is 20.7. The topological polar surface area (TPSA) is 40.5 Å². The number of rotatable bonds is 3. The molecule has 1 fully saturated rings. The molecular formula is C20H34O2. The van der Waals surface area contributed by atoms with E-state index < -0.39 is 11.2 Å². The van der Waals surface area contributed by atoms with Crippen LogP contribution >= 0.6 is 0 Å². The Hall–Kier alpha value is -0.600. The summed E-state index contributed by atoms with van der Waals surface area (Å²) in [6.45, 7) is 10.2. The highest BCUT2D eigenvalue weighted by atomic mass is 16.3. The molecule has 22 heavy (non-hydrogen) atoms. The number of fused-ring (bicyclic) bond motifs is 1. The van der Waals surface area contributed by atoms with Crippen molar-refractivity contribution in [3.8, 4) is 0 Å². The smallest absolute Gasteiger partial charge is 0.0771 e. The number of allylic oxidation sites excluding steroid dienone is 3. The summed E-state index contributed by atoms with van der Waals surface area (Å²) in [6.07, 6.45) is 12.7. The van der Waals surface area contributed by atoms with Crippen LogP contribution < -0.4 is 0 Å². The van der Waals surface area contributed by atoms with Gasteiger partial charge in [-0.3, -0.25) is 0 Å². The lowest BCUT2D eigenvalue weighted by molar-refractivity contribution is 0.0131. The highest BCUT2D eigenvalue weighted by molar-refractivity contribution is 5.12. The molecule has 126 valence electrons. The molecule has 0 aromatic heterocycles. The summed E-state index contributed by atoms with van der Waals surface area (Å²) in [4.78, 5) is 0. The highest BCUT2D eigenvalue weighted by Crippen LogP contribution is 2.60. The minimum atomic E-state index is -0.739. The molecule has 4 atom stereocenters. The minimum absolute atomic E-state index is 0.225. The second kappa shape index (κ2) is 6.13. The van der Waals surface area contributed by atoms with Crippen molar-refractivity contribution >= 4 is 0 Å². The maximum Gasteiger partial charge on any atom is 0.0771 e. The molecule has 0 aliphatic heterocycles. The molecule has 2 aliphatic rings. The Morgan fingerprint density at radius 2 is 1.95 bits per heavy atom. The molecule has 2 N–H and O–H groups in total. The first-order valence-corrected chi connectivity index (χ1v) is 8.82. The van der Waals surface area contributed by atoms with Crippen LogP contribution in [0.2, 0.25) is 0 Å². The summed E-state index contributed by atoms with van der Waals surface area (Å²) in [5.74, 6) is 1.06. The quantitative estimate of drug-likeness (QED) is 0.747. The normalized spacial score (nSPS) is 40.2. The summed E-state index contributed by atoms with van der Waals surface area (Å²) < 4.78 is 0. The fourth-order valence-electron chi connectivity index (χ4n) is 4.09. The van der Waals surface area contributed by atoms with Gasteiger partial charge in [0.15, 0.2) is 0 Å². The van der Waals surface area contributed by atoms with E-state index in [0.717, 1.165) is 32.1 Å². The van der Waals surface area contributed by atoms with E-state index in [0.29, 0.717) is 11.8 Å². The zero-order valence-corrected chi connectivity index (χ0v) is 15.0. The van der Waals surface area contributed by atoms with E-state index in [4.69, 9.17) is 0 Å². The van der Waals surface area contributed by atoms with Gasteiger partial charge in [-0.1, -0.05) is 30.7 Å². The van der Waals surface area contributed by atoms with Crippen molar-refractivity contribution in [2.24, 2.45) is 17.3 Å². The van der Waals surface area contributed by atoms with Crippen molar-refractivity contribution in [1.82, 2.24) is 0 Å². The SMILES string of the molecule is CC1=CCCC(C)(O)C2CC2C(C)(CC=CC(C)(C)O)CC1. The Bertz CT molecular complexity index is 453. The van der Waals surface area contributed by atoms with Crippen LogP contribution in [0.1, 0.15) is 73.1 Å². The van der Waals surface area contributed by atoms with Crippen molar-refractivity contribution in [3.05, 3.63) is 23.8 Å². The molecule has 4 unspecified atom stereocenters. The van der Waals surface area contributed by atoms with E-state index in [-0.39, 0.29) is 5.41 Å². The summed E-state index contributed by atoms with van der Waals surface area (Å²) in [7, 11) is 0. The molecule has 0 heterocycles. The van der Waals surface area contributed by atoms with E-state index in [1.54, 1.807) is 0 Å². The van der Waals surface area contributed by atoms with Gasteiger partial charge in [0.05, 0.1) is 11.2 Å². The second-order valence-corrected chi connectivity index (χ2v) is 8.81. The predicted octanol–water partition coefficient (Wildman–Crippen LogP) is 4.62. The van der Waals surface area contributed by atoms with E-state index in [2.05, 4.69) is 26.0 Å². The molecule has 2 nitrogen and oxygen atoms in total. The zero-order chi connectivity index (χ0) is 16.6. The van der Waals surface area contributed by atoms with Crippen LogP contribution in [0.15, 0.2) is 23.8 Å². The predicted molar refractivity (Wildman–Crippen MR) is 92.6 cm³/mol. The number of hydrogen-bond donors (Lipinski definition) is 2. The second-order valence-electron chi connectivity index (χ2n) is 8.81. The Balaban J connectivity index is 2.15. The van der Waals surface area contributed by atoms with Crippen LogP contribution in [0.3, 0.4) is 0 Å². The molecule has 0 radical (unpaired) electrons. The van der Waals surface area contributed by atoms with Crippen LogP contribution in [-0.2, 0) is 0 Å². The van der Waals surface area contributed by atoms with Gasteiger partial charge in [-0.15, -0.1) is 0 Å². The van der Waals surface area contributed by atoms with Crippen molar-refractivity contribution in [2.45, 2.75) is 84.3 Å². The monoisotopic (exact) mass is 306 g/mol. The summed E-state index contributed by atoms with van der Waals surface area (Å²) >= 11 is 0. The Morgan fingerprint density at radius 3 is 2.59 bits per heavy atom. The fourth-order valence-corrected chi connectivity index (χ4v) is 4.09. The average Bonchev–Trinajstić information content (AvgIpc) is 3.15. The van der Waals surface area contributed by atoms with Gasteiger partial charge in [-0.25, -0.2) is 0 Å². The van der Waals surface area contributed by atoms with Gasteiger partial charge in [0, 0.05) is 0 Å². The van der Waals surface area contributed by atoms with Gasteiger partial charge in [0.2, 0.25) is 0 Å². The van der Waals surface area contributed by atoms with E-state index in [1.165, 1.54) is 12.0 Å². The third kappa shape index (κ3) is 4.45. The molecular weight excluding hydrogens is 272 g/mol. The third-order valence-corrected chi connectivity index (χ3v) is 5.83. The van der Waals surface area contributed by atoms with E-state index in [9.17, 15) is 10.2 Å². The third-order valence-electron chi connectivity index (χ3n) is 5.83. The average molecular weight is 306 g/mol. The molecule has 0 amide bonds. The van der Waals surface area contributed by atoms with Gasteiger partial charge >= 0.3 is 0 Å². The fraction of sp³-hybridized carbons (Fsp3) is 0.800. The molecule has 0 spiro atoms. The van der Waals surface area contributed by atoms with Crippen LogP contribution in [0, 0.1) is 17.3 Å². The first-order chi connectivity index (χ1) is 10.0. The summed E-state index contributed by atoms with van der Waals surface area (Å²) in [6, 6.07) is 0. The first-order valence-electron chi connectivity index (χ1n) is 8.82. The molecule has 2 rings (SSSR count). The molecule has 0 saturated heterocycles. The Morgan fingerprint density at radius 1 is 1.27 bits per heavy atom.